The normalized spacial score (nSPS) is 42.0. The van der Waals surface area contributed by atoms with Crippen molar-refractivity contribution in [2.24, 2.45) is 5.92 Å². The van der Waals surface area contributed by atoms with E-state index in [0.29, 0.717) is 32.1 Å². The fourth-order valence-electron chi connectivity index (χ4n) is 4.80. The van der Waals surface area contributed by atoms with E-state index in [-0.39, 0.29) is 18.4 Å². The van der Waals surface area contributed by atoms with Crippen LogP contribution in [0, 0.1) is 5.92 Å². The maximum absolute atomic E-state index is 11.8. The molecule has 2 aliphatic rings. The first-order valence-electron chi connectivity index (χ1n) is 11.0. The van der Waals surface area contributed by atoms with Crippen molar-refractivity contribution >= 4 is 11.9 Å². The van der Waals surface area contributed by atoms with E-state index in [9.17, 15) is 24.9 Å². The SMILES string of the molecule is C=C(C(=O)O)[C@@H]1CC[C@@](C)(O)[C@@H]2CC[C@@](C)(O2)[C@@H](OC(C)=O)CC[C@](C)(OC)[C@@H](O)C1. The third-order valence-corrected chi connectivity index (χ3v) is 7.35. The highest BCUT2D eigenvalue weighted by atomic mass is 16.6. The molecule has 2 aliphatic heterocycles. The molecule has 8 nitrogen and oxygen atoms in total. The summed E-state index contributed by atoms with van der Waals surface area (Å²) in [7, 11) is 1.50. The molecular weight excluding hydrogens is 404 g/mol. The molecule has 2 fully saturated rings. The molecule has 2 heterocycles. The van der Waals surface area contributed by atoms with Crippen molar-refractivity contribution in [1.82, 2.24) is 0 Å². The lowest BCUT2D eigenvalue weighted by atomic mass is 9.78. The van der Waals surface area contributed by atoms with Gasteiger partial charge in [0.2, 0.25) is 0 Å². The van der Waals surface area contributed by atoms with Crippen molar-refractivity contribution in [2.75, 3.05) is 7.11 Å². The van der Waals surface area contributed by atoms with Gasteiger partial charge >= 0.3 is 11.9 Å². The summed E-state index contributed by atoms with van der Waals surface area (Å²) in [4.78, 5) is 23.4. The van der Waals surface area contributed by atoms with Gasteiger partial charge in [-0.05, 0) is 71.6 Å². The van der Waals surface area contributed by atoms with E-state index in [0.717, 1.165) is 0 Å². The summed E-state index contributed by atoms with van der Waals surface area (Å²) in [5.74, 6) is -2.09. The number of hydrogen-bond donors (Lipinski definition) is 3. The summed E-state index contributed by atoms with van der Waals surface area (Å²) in [6, 6.07) is 0. The van der Waals surface area contributed by atoms with E-state index in [4.69, 9.17) is 14.2 Å². The molecule has 3 N–H and O–H groups in total. The van der Waals surface area contributed by atoms with Gasteiger partial charge < -0.3 is 29.5 Å². The fourth-order valence-corrected chi connectivity index (χ4v) is 4.80. The van der Waals surface area contributed by atoms with Gasteiger partial charge in [-0.25, -0.2) is 4.79 Å². The largest absolute Gasteiger partial charge is 0.478 e. The second-order valence-corrected chi connectivity index (χ2v) is 9.79. The Labute approximate surface area is 184 Å². The van der Waals surface area contributed by atoms with Crippen molar-refractivity contribution in [3.05, 3.63) is 12.2 Å². The van der Waals surface area contributed by atoms with Crippen LogP contribution in [0.4, 0.5) is 0 Å². The fraction of sp³-hybridized carbons (Fsp3) is 0.826. The van der Waals surface area contributed by atoms with Crippen molar-refractivity contribution in [2.45, 2.75) is 108 Å². The number of esters is 1. The molecule has 0 aliphatic carbocycles. The lowest BCUT2D eigenvalue weighted by Crippen LogP contribution is -2.48. The van der Waals surface area contributed by atoms with Gasteiger partial charge in [0.25, 0.3) is 0 Å². The number of fused-ring (bicyclic) bond motifs is 2. The zero-order valence-electron chi connectivity index (χ0n) is 19.3. The highest BCUT2D eigenvalue weighted by molar-refractivity contribution is 5.86. The maximum Gasteiger partial charge on any atom is 0.331 e. The van der Waals surface area contributed by atoms with Crippen LogP contribution in [0.25, 0.3) is 0 Å². The molecule has 0 aromatic carbocycles. The molecule has 0 amide bonds. The molecule has 2 bridgehead atoms. The predicted molar refractivity (Wildman–Crippen MR) is 113 cm³/mol. The Morgan fingerprint density at radius 2 is 1.74 bits per heavy atom. The lowest BCUT2D eigenvalue weighted by Gasteiger charge is -2.39. The van der Waals surface area contributed by atoms with E-state index in [1.54, 1.807) is 13.8 Å². The molecule has 31 heavy (non-hydrogen) atoms. The molecule has 8 heteroatoms. The molecule has 7 atom stereocenters. The van der Waals surface area contributed by atoms with Gasteiger partial charge in [-0.15, -0.1) is 0 Å². The van der Waals surface area contributed by atoms with Crippen LogP contribution in [-0.4, -0.2) is 69.5 Å². The summed E-state index contributed by atoms with van der Waals surface area (Å²) < 4.78 is 17.6. The second kappa shape index (κ2) is 9.57. The van der Waals surface area contributed by atoms with Crippen LogP contribution in [0.15, 0.2) is 12.2 Å². The molecular formula is C23H38O8. The van der Waals surface area contributed by atoms with E-state index in [2.05, 4.69) is 6.58 Å². The highest BCUT2D eigenvalue weighted by Gasteiger charge is 2.50. The third kappa shape index (κ3) is 5.86. The Morgan fingerprint density at radius 1 is 1.10 bits per heavy atom. The van der Waals surface area contributed by atoms with Crippen LogP contribution in [0.3, 0.4) is 0 Å². The van der Waals surface area contributed by atoms with E-state index in [1.165, 1.54) is 14.0 Å². The number of carbonyl (C=O) groups is 2. The van der Waals surface area contributed by atoms with Crippen LogP contribution in [-0.2, 0) is 23.8 Å². The van der Waals surface area contributed by atoms with Gasteiger partial charge in [-0.1, -0.05) is 6.58 Å². The van der Waals surface area contributed by atoms with E-state index < -0.39 is 53.0 Å². The van der Waals surface area contributed by atoms with Gasteiger partial charge in [-0.3, -0.25) is 4.79 Å². The number of ether oxygens (including phenoxy) is 3. The highest BCUT2D eigenvalue weighted by Crippen LogP contribution is 2.43. The minimum Gasteiger partial charge on any atom is -0.478 e. The quantitative estimate of drug-likeness (QED) is 0.449. The van der Waals surface area contributed by atoms with Gasteiger partial charge in [0.05, 0.1) is 23.4 Å². The Kier molecular flexibility index (Phi) is 7.95. The predicted octanol–water partition coefficient (Wildman–Crippen LogP) is 2.59. The second-order valence-electron chi connectivity index (χ2n) is 9.79. The van der Waals surface area contributed by atoms with Crippen molar-refractivity contribution < 1.29 is 39.1 Å². The molecule has 2 rings (SSSR count). The number of aliphatic carboxylic acids is 1. The Bertz CT molecular complexity index is 689. The van der Waals surface area contributed by atoms with Crippen LogP contribution in [0.5, 0.6) is 0 Å². The number of aliphatic hydroxyl groups excluding tert-OH is 1. The first kappa shape index (κ1) is 25.8. The molecule has 0 saturated carbocycles. The van der Waals surface area contributed by atoms with E-state index in [1.807, 2.05) is 6.92 Å². The van der Waals surface area contributed by atoms with Gasteiger partial charge in [-0.2, -0.15) is 0 Å². The Balaban J connectivity index is 2.43. The van der Waals surface area contributed by atoms with Gasteiger partial charge in [0.1, 0.15) is 11.7 Å². The first-order valence-corrected chi connectivity index (χ1v) is 11.0. The number of hydrogen-bond acceptors (Lipinski definition) is 7. The van der Waals surface area contributed by atoms with Crippen LogP contribution < -0.4 is 0 Å². The van der Waals surface area contributed by atoms with Crippen LogP contribution in [0.1, 0.15) is 72.6 Å². The summed E-state index contributed by atoms with van der Waals surface area (Å²) in [6.45, 7) is 10.4. The number of aliphatic hydroxyl groups is 2. The standard InChI is InChI=1S/C23H38O8/c1-14(20(26)27)16-7-10-21(3,28)18-8-12-23(5,31-18)19(30-15(2)24)9-11-22(4,29-6)17(25)13-16/h16-19,25,28H,1,7-13H2,2-6H3,(H,26,27)/t16-,17+,18+,19+,21-,22+,23-/m1/s1. The third-order valence-electron chi connectivity index (χ3n) is 7.35. The molecule has 0 spiro atoms. The number of methoxy groups -OCH3 is 1. The monoisotopic (exact) mass is 442 g/mol. The minimum absolute atomic E-state index is 0.00172. The van der Waals surface area contributed by atoms with E-state index >= 15 is 0 Å². The van der Waals surface area contributed by atoms with Crippen molar-refractivity contribution in [3.63, 3.8) is 0 Å². The van der Waals surface area contributed by atoms with Crippen molar-refractivity contribution in [1.29, 1.82) is 0 Å². The molecule has 178 valence electrons. The average molecular weight is 443 g/mol. The lowest BCUT2D eigenvalue weighted by molar-refractivity contribution is -0.186. The number of carbonyl (C=O) groups excluding carboxylic acids is 1. The number of rotatable bonds is 4. The molecule has 0 radical (unpaired) electrons. The smallest absolute Gasteiger partial charge is 0.331 e. The van der Waals surface area contributed by atoms with Crippen LogP contribution >= 0.6 is 0 Å². The number of carboxylic acid groups (broad SMARTS) is 1. The first-order chi connectivity index (χ1) is 14.2. The summed E-state index contributed by atoms with van der Waals surface area (Å²) in [6.07, 6.45) is 0.663. The summed E-state index contributed by atoms with van der Waals surface area (Å²) in [5.41, 5.74) is -2.98. The minimum atomic E-state index is -1.21. The number of carboxylic acids is 1. The Hall–Kier alpha value is -1.48. The summed E-state index contributed by atoms with van der Waals surface area (Å²) >= 11 is 0. The Morgan fingerprint density at radius 3 is 2.29 bits per heavy atom. The average Bonchev–Trinajstić information content (AvgIpc) is 3.10. The van der Waals surface area contributed by atoms with Crippen LogP contribution in [0.2, 0.25) is 0 Å². The molecule has 0 aromatic rings. The maximum atomic E-state index is 11.8. The van der Waals surface area contributed by atoms with Gasteiger partial charge in [0, 0.05) is 19.6 Å². The summed E-state index contributed by atoms with van der Waals surface area (Å²) in [5, 5.41) is 31.7. The molecule has 2 saturated heterocycles. The van der Waals surface area contributed by atoms with Gasteiger partial charge in [0.15, 0.2) is 0 Å². The zero-order chi connectivity index (χ0) is 23.6. The zero-order valence-corrected chi connectivity index (χ0v) is 19.3. The van der Waals surface area contributed by atoms with Crippen molar-refractivity contribution in [3.8, 4) is 0 Å². The molecule has 0 aromatic heterocycles. The topological polar surface area (TPSA) is 123 Å². The molecule has 0 unspecified atom stereocenters.